The summed E-state index contributed by atoms with van der Waals surface area (Å²) in [4.78, 5) is 0. The van der Waals surface area contributed by atoms with E-state index in [4.69, 9.17) is 4.42 Å². The molecule has 0 amide bonds. The normalized spacial score (nSPS) is 11.9. The van der Waals surface area contributed by atoms with Gasteiger partial charge in [0.05, 0.1) is 0 Å². The van der Waals surface area contributed by atoms with Crippen molar-refractivity contribution in [3.05, 3.63) is 109 Å². The van der Waals surface area contributed by atoms with Crippen LogP contribution in [0.4, 0.5) is 4.39 Å². The number of rotatable bonds is 4. The number of aryl methyl sites for hydroxylation is 2. The third-order valence-electron chi connectivity index (χ3n) is 7.50. The quantitative estimate of drug-likeness (QED) is 0.156. The van der Waals surface area contributed by atoms with Crippen LogP contribution >= 0.6 is 0 Å². The van der Waals surface area contributed by atoms with Crippen LogP contribution in [0.2, 0.25) is 17.3 Å². The van der Waals surface area contributed by atoms with Crippen molar-refractivity contribution in [3.8, 4) is 33.5 Å². The average molecular weight is 561 g/mol. The van der Waals surface area contributed by atoms with Crippen LogP contribution in [-0.4, -0.2) is 13.3 Å². The molecule has 0 fully saturated rings. The van der Waals surface area contributed by atoms with Crippen LogP contribution in [-0.2, 0) is 7.05 Å². The number of furan rings is 1. The Hall–Kier alpha value is -3.70. The Morgan fingerprint density at radius 1 is 0.658 bits per heavy atom. The first-order valence-corrected chi connectivity index (χ1v) is 20.4. The number of fused-ring (bicyclic) bond motifs is 3. The van der Waals surface area contributed by atoms with Crippen LogP contribution < -0.4 is 8.96 Å². The van der Waals surface area contributed by atoms with E-state index in [1.165, 1.54) is 4.40 Å². The molecule has 6 rings (SSSR count). The zero-order chi connectivity index (χ0) is 26.6. The molecule has 38 heavy (non-hydrogen) atoms. The number of hydrogen-bond donors (Lipinski definition) is 0. The standard InChI is InChI=1S/C34H31FGeNO/c1-22-11-17-27-28-18-19-29(35)32(25-14-12-24(13-15-25)23-9-7-6-8-10-23)34(28)38-33(27)31(22)30-20-16-26(21-37(30)5)36(2,3)4/h6-21H,1-5H3/q+1. The van der Waals surface area contributed by atoms with Gasteiger partial charge in [0.15, 0.2) is 0 Å². The van der Waals surface area contributed by atoms with Crippen LogP contribution in [0.15, 0.2) is 102 Å². The first-order chi connectivity index (χ1) is 18.2. The number of nitrogens with zero attached hydrogens (tertiary/aromatic N) is 1. The maximum atomic E-state index is 15.4. The van der Waals surface area contributed by atoms with Gasteiger partial charge in [-0.1, -0.05) is 30.3 Å². The Bertz CT molecular complexity index is 1810. The van der Waals surface area contributed by atoms with Gasteiger partial charge in [-0.3, -0.25) is 0 Å². The Kier molecular flexibility index (Phi) is 5.99. The fraction of sp³-hybridized carbons (Fsp3) is 0.147. The van der Waals surface area contributed by atoms with Gasteiger partial charge in [-0.15, -0.1) is 0 Å². The Morgan fingerprint density at radius 3 is 1.92 bits per heavy atom. The molecule has 2 aromatic heterocycles. The third-order valence-corrected chi connectivity index (χ3v) is 11.8. The fourth-order valence-corrected chi connectivity index (χ4v) is 7.78. The van der Waals surface area contributed by atoms with Crippen LogP contribution in [0.3, 0.4) is 0 Å². The molecular formula is C34H31FGeNO+. The van der Waals surface area contributed by atoms with Crippen molar-refractivity contribution in [3.63, 3.8) is 0 Å². The molecule has 0 aliphatic heterocycles. The van der Waals surface area contributed by atoms with Crippen LogP contribution in [0.25, 0.3) is 55.4 Å². The van der Waals surface area contributed by atoms with Crippen molar-refractivity contribution in [2.45, 2.75) is 24.2 Å². The van der Waals surface area contributed by atoms with Crippen molar-refractivity contribution in [1.82, 2.24) is 0 Å². The summed E-state index contributed by atoms with van der Waals surface area (Å²) in [6, 6.07) is 30.4. The van der Waals surface area contributed by atoms with Crippen molar-refractivity contribution < 1.29 is 13.4 Å². The van der Waals surface area contributed by atoms with Gasteiger partial charge in [0, 0.05) is 0 Å². The van der Waals surface area contributed by atoms with Gasteiger partial charge in [-0.25, -0.2) is 0 Å². The SMILES string of the molecule is Cc1ccc2c(oc3c(-c4ccc(-c5ccccc5)cc4)c(F)ccc32)c1-c1cc[c]([Ge]([CH3])([CH3])[CH3])c[n+]1C. The summed E-state index contributed by atoms with van der Waals surface area (Å²) in [7, 11) is 2.10. The minimum absolute atomic E-state index is 0.283. The molecule has 4 aromatic carbocycles. The zero-order valence-electron chi connectivity index (χ0n) is 22.5. The average Bonchev–Trinajstić information content (AvgIpc) is 3.27. The van der Waals surface area contributed by atoms with E-state index in [1.807, 2.05) is 48.5 Å². The van der Waals surface area contributed by atoms with Crippen molar-refractivity contribution in [1.29, 1.82) is 0 Å². The summed E-state index contributed by atoms with van der Waals surface area (Å²) < 4.78 is 25.7. The van der Waals surface area contributed by atoms with E-state index < -0.39 is 13.3 Å². The molecule has 188 valence electrons. The fourth-order valence-electron chi connectivity index (χ4n) is 5.34. The predicted molar refractivity (Wildman–Crippen MR) is 159 cm³/mol. The van der Waals surface area contributed by atoms with Crippen molar-refractivity contribution in [2.75, 3.05) is 0 Å². The predicted octanol–water partition coefficient (Wildman–Crippen LogP) is 8.40. The first-order valence-electron chi connectivity index (χ1n) is 13.0. The summed E-state index contributed by atoms with van der Waals surface area (Å²) in [6.45, 7) is 2.11. The summed E-state index contributed by atoms with van der Waals surface area (Å²) in [6.07, 6.45) is 2.27. The molecule has 0 bridgehead atoms. The number of halogens is 1. The van der Waals surface area contributed by atoms with Gasteiger partial charge in [0.1, 0.15) is 0 Å². The second-order valence-corrected chi connectivity index (χ2v) is 21.8. The second-order valence-electron chi connectivity index (χ2n) is 11.1. The van der Waals surface area contributed by atoms with E-state index >= 15 is 4.39 Å². The van der Waals surface area contributed by atoms with Gasteiger partial charge >= 0.3 is 185 Å². The van der Waals surface area contributed by atoms with Gasteiger partial charge < -0.3 is 0 Å². The summed E-state index contributed by atoms with van der Waals surface area (Å²) in [5, 5.41) is 1.93. The monoisotopic (exact) mass is 562 g/mol. The summed E-state index contributed by atoms with van der Waals surface area (Å²) in [5.41, 5.74) is 8.20. The van der Waals surface area contributed by atoms with E-state index in [0.717, 1.165) is 49.9 Å². The Morgan fingerprint density at radius 2 is 1.26 bits per heavy atom. The molecule has 0 aliphatic carbocycles. The molecule has 0 radical (unpaired) electrons. The molecule has 0 saturated carbocycles. The van der Waals surface area contributed by atoms with Crippen LogP contribution in [0, 0.1) is 12.7 Å². The molecule has 0 N–H and O–H groups in total. The van der Waals surface area contributed by atoms with E-state index in [1.54, 1.807) is 6.07 Å². The van der Waals surface area contributed by atoms with Crippen LogP contribution in [0.5, 0.6) is 0 Å². The molecule has 0 spiro atoms. The third kappa shape index (κ3) is 4.15. The number of hydrogen-bond acceptors (Lipinski definition) is 1. The van der Waals surface area contributed by atoms with E-state index in [2.05, 4.69) is 78.4 Å². The van der Waals surface area contributed by atoms with E-state index in [-0.39, 0.29) is 5.82 Å². The Labute approximate surface area is 225 Å². The molecule has 0 unspecified atom stereocenters. The second kappa shape index (κ2) is 9.25. The van der Waals surface area contributed by atoms with Gasteiger partial charge in [-0.05, 0) is 11.1 Å². The molecule has 0 atom stereocenters. The minimum atomic E-state index is -1.97. The van der Waals surface area contributed by atoms with Crippen LogP contribution in [0.1, 0.15) is 5.56 Å². The summed E-state index contributed by atoms with van der Waals surface area (Å²) >= 11 is -1.97. The zero-order valence-corrected chi connectivity index (χ0v) is 24.6. The number of pyridine rings is 1. The number of aromatic nitrogens is 1. The van der Waals surface area contributed by atoms with Gasteiger partial charge in [0.25, 0.3) is 0 Å². The molecule has 2 nitrogen and oxygen atoms in total. The Balaban J connectivity index is 1.55. The van der Waals surface area contributed by atoms with Gasteiger partial charge in [0.2, 0.25) is 0 Å². The van der Waals surface area contributed by atoms with E-state index in [9.17, 15) is 0 Å². The molecule has 4 heteroatoms. The summed E-state index contributed by atoms with van der Waals surface area (Å²) in [5.74, 6) is 6.93. The van der Waals surface area contributed by atoms with Crippen molar-refractivity contribution >= 4 is 39.6 Å². The maximum absolute atomic E-state index is 15.4. The van der Waals surface area contributed by atoms with Gasteiger partial charge in [-0.2, -0.15) is 0 Å². The molecular weight excluding hydrogens is 530 g/mol. The van der Waals surface area contributed by atoms with E-state index in [0.29, 0.717) is 11.1 Å². The molecule has 6 aromatic rings. The topological polar surface area (TPSA) is 17.0 Å². The molecule has 0 aliphatic rings. The molecule has 2 heterocycles. The number of benzene rings is 4. The van der Waals surface area contributed by atoms with Crippen molar-refractivity contribution in [2.24, 2.45) is 7.05 Å². The molecule has 0 saturated heterocycles. The first kappa shape index (κ1) is 24.6.